The Bertz CT molecular complexity index is 1130. The van der Waals surface area contributed by atoms with E-state index in [1.54, 1.807) is 22.9 Å². The third-order valence-corrected chi connectivity index (χ3v) is 5.11. The number of halogens is 1. The van der Waals surface area contributed by atoms with Gasteiger partial charge in [0.1, 0.15) is 12.3 Å². The van der Waals surface area contributed by atoms with Gasteiger partial charge in [0.25, 0.3) is 0 Å². The molecule has 0 aromatic carbocycles. The van der Waals surface area contributed by atoms with Gasteiger partial charge in [0, 0.05) is 11.8 Å². The third kappa shape index (κ3) is 3.69. The number of thiophene rings is 1. The Hall–Kier alpha value is -2.97. The largest absolute Gasteiger partial charge is 0.454 e. The molecule has 4 aromatic rings. The zero-order chi connectivity index (χ0) is 19.7. The summed E-state index contributed by atoms with van der Waals surface area (Å²) in [6, 6.07) is 10.8. The second-order valence-corrected chi connectivity index (χ2v) is 7.43. The lowest BCUT2D eigenvalue weighted by Crippen LogP contribution is -2.11. The zero-order valence-corrected chi connectivity index (χ0v) is 16.6. The number of aryl methyl sites for hydroxylation is 2. The van der Waals surface area contributed by atoms with Crippen molar-refractivity contribution < 1.29 is 14.1 Å². The van der Waals surface area contributed by atoms with Gasteiger partial charge in [-0.3, -0.25) is 0 Å². The van der Waals surface area contributed by atoms with Gasteiger partial charge >= 0.3 is 5.97 Å². The Kier molecular flexibility index (Phi) is 4.97. The van der Waals surface area contributed by atoms with E-state index < -0.39 is 5.97 Å². The summed E-state index contributed by atoms with van der Waals surface area (Å²) in [6.45, 7) is 3.75. The fraction of sp³-hybridized carbons (Fsp3) is 0.158. The Balaban J connectivity index is 1.50. The van der Waals surface area contributed by atoms with Crippen LogP contribution in [0, 0.1) is 13.8 Å². The molecule has 4 rings (SSSR count). The molecule has 7 nitrogen and oxygen atoms in total. The maximum Gasteiger partial charge on any atom is 0.358 e. The summed E-state index contributed by atoms with van der Waals surface area (Å²) in [6.07, 6.45) is 0. The molecule has 4 heterocycles. The lowest BCUT2D eigenvalue weighted by Gasteiger charge is -2.08. The average Bonchev–Trinajstić information content (AvgIpc) is 3.41. The van der Waals surface area contributed by atoms with Crippen molar-refractivity contribution in [1.82, 2.24) is 19.9 Å². The molecule has 0 aliphatic rings. The maximum atomic E-state index is 12.5. The highest BCUT2D eigenvalue weighted by Gasteiger charge is 2.18. The Morgan fingerprint density at radius 1 is 1.29 bits per heavy atom. The minimum absolute atomic E-state index is 0.0219. The van der Waals surface area contributed by atoms with E-state index in [-0.39, 0.29) is 17.3 Å². The standard InChI is InChI=1S/C19H15ClN4O3S/c1-11-8-12(2)24(22-11)17-6-5-14(20)18(21-17)19(25)26-10-13-9-15(27-23-13)16-4-3-7-28-16/h3-9H,10H2,1-2H3. The molecule has 0 N–H and O–H groups in total. The second-order valence-electron chi connectivity index (χ2n) is 6.07. The Morgan fingerprint density at radius 2 is 2.14 bits per heavy atom. The predicted molar refractivity (Wildman–Crippen MR) is 105 cm³/mol. The van der Waals surface area contributed by atoms with Gasteiger partial charge in [0.2, 0.25) is 0 Å². The first-order chi connectivity index (χ1) is 13.5. The molecule has 0 spiro atoms. The van der Waals surface area contributed by atoms with Crippen LogP contribution in [0.1, 0.15) is 27.6 Å². The summed E-state index contributed by atoms with van der Waals surface area (Å²) in [5, 5.41) is 10.4. The minimum atomic E-state index is -0.644. The molecule has 0 unspecified atom stereocenters. The number of hydrogen-bond acceptors (Lipinski definition) is 7. The van der Waals surface area contributed by atoms with Gasteiger partial charge in [0.05, 0.1) is 15.6 Å². The van der Waals surface area contributed by atoms with Gasteiger partial charge in [-0.15, -0.1) is 11.3 Å². The van der Waals surface area contributed by atoms with E-state index in [0.29, 0.717) is 17.3 Å². The number of aromatic nitrogens is 4. The summed E-state index contributed by atoms with van der Waals surface area (Å²) in [4.78, 5) is 17.8. The molecule has 0 amide bonds. The van der Waals surface area contributed by atoms with Crippen molar-refractivity contribution in [3.05, 3.63) is 69.6 Å². The van der Waals surface area contributed by atoms with Crippen LogP contribution in [0.5, 0.6) is 0 Å². The van der Waals surface area contributed by atoms with Crippen molar-refractivity contribution in [2.45, 2.75) is 20.5 Å². The van der Waals surface area contributed by atoms with E-state index in [1.165, 1.54) is 11.3 Å². The summed E-state index contributed by atoms with van der Waals surface area (Å²) in [5.41, 5.74) is 2.28. The SMILES string of the molecule is Cc1cc(C)n(-c2ccc(Cl)c(C(=O)OCc3cc(-c4cccs4)on3)n2)n1. The molecule has 142 valence electrons. The van der Waals surface area contributed by atoms with Crippen LogP contribution >= 0.6 is 22.9 Å². The highest BCUT2D eigenvalue weighted by atomic mass is 35.5. The molecule has 0 radical (unpaired) electrons. The van der Waals surface area contributed by atoms with Gasteiger partial charge < -0.3 is 9.26 Å². The van der Waals surface area contributed by atoms with E-state index >= 15 is 0 Å². The number of pyridine rings is 1. The molecule has 0 aliphatic heterocycles. The van der Waals surface area contributed by atoms with Gasteiger partial charge in [-0.25, -0.2) is 14.5 Å². The fourth-order valence-electron chi connectivity index (χ4n) is 2.68. The molecular weight excluding hydrogens is 400 g/mol. The van der Waals surface area contributed by atoms with Crippen LogP contribution < -0.4 is 0 Å². The number of carbonyl (C=O) groups excluding carboxylic acids is 1. The summed E-state index contributed by atoms with van der Waals surface area (Å²) < 4.78 is 12.2. The van der Waals surface area contributed by atoms with Crippen LogP contribution in [0.3, 0.4) is 0 Å². The minimum Gasteiger partial charge on any atom is -0.454 e. The second kappa shape index (κ2) is 7.57. The van der Waals surface area contributed by atoms with Crippen molar-refractivity contribution in [3.63, 3.8) is 0 Å². The van der Waals surface area contributed by atoms with Crippen LogP contribution in [0.2, 0.25) is 5.02 Å². The predicted octanol–water partition coefficient (Wildman–Crippen LogP) is 4.61. The van der Waals surface area contributed by atoms with Gasteiger partial charge in [-0.2, -0.15) is 5.10 Å². The number of rotatable bonds is 5. The molecule has 0 bridgehead atoms. The van der Waals surface area contributed by atoms with Crippen molar-refractivity contribution >= 4 is 28.9 Å². The number of carbonyl (C=O) groups is 1. The normalized spacial score (nSPS) is 11.0. The number of esters is 1. The summed E-state index contributed by atoms with van der Waals surface area (Å²) >= 11 is 7.69. The lowest BCUT2D eigenvalue weighted by atomic mass is 10.3. The van der Waals surface area contributed by atoms with Gasteiger partial charge in [-0.1, -0.05) is 22.8 Å². The molecule has 9 heteroatoms. The highest BCUT2D eigenvalue weighted by molar-refractivity contribution is 7.13. The Morgan fingerprint density at radius 3 is 2.86 bits per heavy atom. The summed E-state index contributed by atoms with van der Waals surface area (Å²) in [7, 11) is 0. The van der Waals surface area contributed by atoms with Crippen molar-refractivity contribution in [3.8, 4) is 16.5 Å². The summed E-state index contributed by atoms with van der Waals surface area (Å²) in [5.74, 6) is 0.473. The van der Waals surface area contributed by atoms with Crippen molar-refractivity contribution in [1.29, 1.82) is 0 Å². The highest BCUT2D eigenvalue weighted by Crippen LogP contribution is 2.25. The molecule has 0 saturated carbocycles. The molecular formula is C19H15ClN4O3S. The monoisotopic (exact) mass is 414 g/mol. The smallest absolute Gasteiger partial charge is 0.358 e. The lowest BCUT2D eigenvalue weighted by molar-refractivity contribution is 0.0457. The van der Waals surface area contributed by atoms with Gasteiger partial charge in [-0.05, 0) is 43.5 Å². The topological polar surface area (TPSA) is 83.0 Å². The number of nitrogens with zero attached hydrogens (tertiary/aromatic N) is 4. The van der Waals surface area contributed by atoms with Gasteiger partial charge in [0.15, 0.2) is 17.3 Å². The first kappa shape index (κ1) is 18.4. The molecule has 4 aromatic heterocycles. The number of ether oxygens (including phenoxy) is 1. The van der Waals surface area contributed by atoms with Crippen LogP contribution in [0.15, 0.2) is 46.3 Å². The van der Waals surface area contributed by atoms with E-state index in [1.807, 2.05) is 37.4 Å². The van der Waals surface area contributed by atoms with Crippen LogP contribution in [0.4, 0.5) is 0 Å². The molecule has 0 atom stereocenters. The van der Waals surface area contributed by atoms with E-state index in [9.17, 15) is 4.79 Å². The van der Waals surface area contributed by atoms with Crippen LogP contribution in [-0.4, -0.2) is 25.9 Å². The van der Waals surface area contributed by atoms with Crippen molar-refractivity contribution in [2.24, 2.45) is 0 Å². The molecule has 0 saturated heterocycles. The van der Waals surface area contributed by atoms with Crippen LogP contribution in [0.25, 0.3) is 16.5 Å². The molecule has 28 heavy (non-hydrogen) atoms. The zero-order valence-electron chi connectivity index (χ0n) is 15.0. The number of hydrogen-bond donors (Lipinski definition) is 0. The quantitative estimate of drug-likeness (QED) is 0.443. The Labute approximate surface area is 169 Å². The fourth-order valence-corrected chi connectivity index (χ4v) is 3.53. The van der Waals surface area contributed by atoms with E-state index in [4.69, 9.17) is 20.9 Å². The van der Waals surface area contributed by atoms with Crippen LogP contribution in [-0.2, 0) is 11.3 Å². The van der Waals surface area contributed by atoms with E-state index in [2.05, 4.69) is 15.2 Å². The van der Waals surface area contributed by atoms with Crippen molar-refractivity contribution in [2.75, 3.05) is 0 Å². The molecule has 0 aliphatic carbocycles. The average molecular weight is 415 g/mol. The maximum absolute atomic E-state index is 12.5. The first-order valence-electron chi connectivity index (χ1n) is 8.38. The molecule has 0 fully saturated rings. The van der Waals surface area contributed by atoms with E-state index in [0.717, 1.165) is 16.3 Å². The third-order valence-electron chi connectivity index (χ3n) is 3.93. The first-order valence-corrected chi connectivity index (χ1v) is 9.64.